The largest absolute Gasteiger partial charge is 0.476 e. The zero-order valence-electron chi connectivity index (χ0n) is 11.7. The average molecular weight is 253 g/mol. The molecule has 0 aromatic carbocycles. The molecule has 0 atom stereocenters. The molecule has 0 saturated heterocycles. The van der Waals surface area contributed by atoms with Gasteiger partial charge < -0.3 is 14.8 Å². The Morgan fingerprint density at radius 1 is 1.22 bits per heavy atom. The van der Waals surface area contributed by atoms with Crippen molar-refractivity contribution in [1.29, 1.82) is 0 Å². The first-order valence-electron chi connectivity index (χ1n) is 6.19. The van der Waals surface area contributed by atoms with Gasteiger partial charge in [0, 0.05) is 38.4 Å². The maximum absolute atomic E-state index is 5.50. The zero-order chi connectivity index (χ0) is 13.4. The summed E-state index contributed by atoms with van der Waals surface area (Å²) in [6.07, 6.45) is 4.23. The zero-order valence-corrected chi connectivity index (χ0v) is 11.7. The standard InChI is InChI=1S/C13H23N3O2/c1-13(2,3)15-9-11-8-14-10-12(16-11)18-7-5-6-17-4/h8,10,15H,5-7,9H2,1-4H3. The summed E-state index contributed by atoms with van der Waals surface area (Å²) in [6.45, 7) is 8.33. The number of nitrogens with one attached hydrogen (secondary N) is 1. The number of aromatic nitrogens is 2. The van der Waals surface area contributed by atoms with Crippen molar-refractivity contribution in [2.75, 3.05) is 20.3 Å². The Balaban J connectivity index is 2.41. The summed E-state index contributed by atoms with van der Waals surface area (Å²) in [5.74, 6) is 0.569. The fourth-order valence-electron chi connectivity index (χ4n) is 1.28. The van der Waals surface area contributed by atoms with Crippen LogP contribution in [0.3, 0.4) is 0 Å². The van der Waals surface area contributed by atoms with Crippen molar-refractivity contribution < 1.29 is 9.47 Å². The van der Waals surface area contributed by atoms with Crippen LogP contribution in [0.1, 0.15) is 32.9 Å². The summed E-state index contributed by atoms with van der Waals surface area (Å²) >= 11 is 0. The van der Waals surface area contributed by atoms with Crippen molar-refractivity contribution in [1.82, 2.24) is 15.3 Å². The summed E-state index contributed by atoms with van der Waals surface area (Å²) in [4.78, 5) is 8.51. The van der Waals surface area contributed by atoms with E-state index < -0.39 is 0 Å². The molecule has 0 aliphatic carbocycles. The molecule has 0 aliphatic rings. The number of ether oxygens (including phenoxy) is 2. The number of hydrogen-bond donors (Lipinski definition) is 1. The molecule has 18 heavy (non-hydrogen) atoms. The van der Waals surface area contributed by atoms with Crippen LogP contribution >= 0.6 is 0 Å². The Morgan fingerprint density at radius 2 is 2.00 bits per heavy atom. The SMILES string of the molecule is COCCCOc1cncc(CNC(C)(C)C)n1. The van der Waals surface area contributed by atoms with E-state index in [2.05, 4.69) is 36.1 Å². The average Bonchev–Trinajstić information content (AvgIpc) is 2.32. The lowest BCUT2D eigenvalue weighted by Gasteiger charge is -2.20. The fourth-order valence-corrected chi connectivity index (χ4v) is 1.28. The van der Waals surface area contributed by atoms with Crippen molar-refractivity contribution in [3.8, 4) is 5.88 Å². The minimum absolute atomic E-state index is 0.0665. The highest BCUT2D eigenvalue weighted by Crippen LogP contribution is 2.07. The number of nitrogens with zero attached hydrogens (tertiary/aromatic N) is 2. The molecular weight excluding hydrogens is 230 g/mol. The molecule has 5 nitrogen and oxygen atoms in total. The Labute approximate surface area is 109 Å². The van der Waals surface area contributed by atoms with Crippen LogP contribution < -0.4 is 10.1 Å². The van der Waals surface area contributed by atoms with E-state index >= 15 is 0 Å². The molecule has 1 aromatic heterocycles. The van der Waals surface area contributed by atoms with Crippen LogP contribution in [0, 0.1) is 0 Å². The van der Waals surface area contributed by atoms with E-state index in [1.165, 1.54) is 0 Å². The van der Waals surface area contributed by atoms with Crippen LogP contribution in [0.25, 0.3) is 0 Å². The third kappa shape index (κ3) is 6.51. The molecule has 0 fully saturated rings. The molecule has 0 bridgehead atoms. The van der Waals surface area contributed by atoms with Crippen molar-refractivity contribution in [3.63, 3.8) is 0 Å². The maximum atomic E-state index is 5.50. The van der Waals surface area contributed by atoms with Crippen LogP contribution in [0.5, 0.6) is 5.88 Å². The molecule has 1 heterocycles. The van der Waals surface area contributed by atoms with Gasteiger partial charge in [0.2, 0.25) is 5.88 Å². The minimum Gasteiger partial charge on any atom is -0.476 e. The summed E-state index contributed by atoms with van der Waals surface area (Å²) < 4.78 is 10.5. The third-order valence-electron chi connectivity index (χ3n) is 2.20. The van der Waals surface area contributed by atoms with Crippen molar-refractivity contribution >= 4 is 0 Å². The molecule has 0 saturated carbocycles. The third-order valence-corrected chi connectivity index (χ3v) is 2.20. The van der Waals surface area contributed by atoms with Gasteiger partial charge in [0.15, 0.2) is 0 Å². The monoisotopic (exact) mass is 253 g/mol. The van der Waals surface area contributed by atoms with Crippen LogP contribution in [0.4, 0.5) is 0 Å². The Bertz CT molecular complexity index is 350. The Hall–Kier alpha value is -1.20. The van der Waals surface area contributed by atoms with Gasteiger partial charge in [-0.1, -0.05) is 0 Å². The highest BCUT2D eigenvalue weighted by molar-refractivity contribution is 5.08. The summed E-state index contributed by atoms with van der Waals surface area (Å²) in [6, 6.07) is 0. The predicted octanol–water partition coefficient (Wildman–Crippen LogP) is 1.78. The van der Waals surface area contributed by atoms with Crippen LogP contribution in [-0.2, 0) is 11.3 Å². The molecule has 0 amide bonds. The van der Waals surface area contributed by atoms with Gasteiger partial charge in [0.1, 0.15) is 0 Å². The molecule has 1 N–H and O–H groups in total. The lowest BCUT2D eigenvalue weighted by Crippen LogP contribution is -2.35. The molecule has 1 aromatic rings. The number of methoxy groups -OCH3 is 1. The predicted molar refractivity (Wildman–Crippen MR) is 70.6 cm³/mol. The van der Waals surface area contributed by atoms with E-state index in [1.807, 2.05) is 0 Å². The van der Waals surface area contributed by atoms with Gasteiger partial charge in [-0.3, -0.25) is 4.98 Å². The second-order valence-corrected chi connectivity index (χ2v) is 5.15. The highest BCUT2D eigenvalue weighted by atomic mass is 16.5. The van der Waals surface area contributed by atoms with Gasteiger partial charge in [-0.15, -0.1) is 0 Å². The Morgan fingerprint density at radius 3 is 2.67 bits per heavy atom. The quantitative estimate of drug-likeness (QED) is 0.751. The van der Waals surface area contributed by atoms with Crippen molar-refractivity contribution in [2.45, 2.75) is 39.3 Å². The lowest BCUT2D eigenvalue weighted by molar-refractivity contribution is 0.170. The lowest BCUT2D eigenvalue weighted by atomic mass is 10.1. The van der Waals surface area contributed by atoms with Gasteiger partial charge in [-0.25, -0.2) is 4.98 Å². The molecule has 0 radical (unpaired) electrons. The number of rotatable bonds is 7. The fraction of sp³-hybridized carbons (Fsp3) is 0.692. The topological polar surface area (TPSA) is 56.3 Å². The smallest absolute Gasteiger partial charge is 0.232 e. The first-order valence-corrected chi connectivity index (χ1v) is 6.19. The van der Waals surface area contributed by atoms with E-state index in [1.54, 1.807) is 19.5 Å². The minimum atomic E-state index is 0.0665. The van der Waals surface area contributed by atoms with Gasteiger partial charge in [-0.2, -0.15) is 0 Å². The van der Waals surface area contributed by atoms with Crippen LogP contribution in [0.2, 0.25) is 0 Å². The van der Waals surface area contributed by atoms with Gasteiger partial charge in [0.05, 0.1) is 18.5 Å². The molecule has 0 unspecified atom stereocenters. The second kappa shape index (κ2) is 7.28. The summed E-state index contributed by atoms with van der Waals surface area (Å²) in [5, 5.41) is 3.36. The first kappa shape index (κ1) is 14.9. The highest BCUT2D eigenvalue weighted by Gasteiger charge is 2.09. The first-order chi connectivity index (χ1) is 8.51. The molecular formula is C13H23N3O2. The van der Waals surface area contributed by atoms with Crippen LogP contribution in [-0.4, -0.2) is 35.8 Å². The van der Waals surface area contributed by atoms with Crippen molar-refractivity contribution in [2.24, 2.45) is 0 Å². The molecule has 102 valence electrons. The van der Waals surface area contributed by atoms with Gasteiger partial charge in [0.25, 0.3) is 0 Å². The maximum Gasteiger partial charge on any atom is 0.232 e. The normalized spacial score (nSPS) is 11.6. The van der Waals surface area contributed by atoms with E-state index in [-0.39, 0.29) is 5.54 Å². The van der Waals surface area contributed by atoms with Crippen LogP contribution in [0.15, 0.2) is 12.4 Å². The molecule has 5 heteroatoms. The second-order valence-electron chi connectivity index (χ2n) is 5.15. The van der Waals surface area contributed by atoms with Gasteiger partial charge in [-0.05, 0) is 20.8 Å². The molecule has 0 aliphatic heterocycles. The number of hydrogen-bond acceptors (Lipinski definition) is 5. The summed E-state index contributed by atoms with van der Waals surface area (Å²) in [7, 11) is 1.68. The van der Waals surface area contributed by atoms with E-state index in [9.17, 15) is 0 Å². The Kier molecular flexibility index (Phi) is 6.01. The van der Waals surface area contributed by atoms with Gasteiger partial charge >= 0.3 is 0 Å². The summed E-state index contributed by atoms with van der Waals surface area (Å²) in [5.41, 5.74) is 0.950. The van der Waals surface area contributed by atoms with E-state index in [0.29, 0.717) is 25.6 Å². The molecule has 1 rings (SSSR count). The molecule has 0 spiro atoms. The van der Waals surface area contributed by atoms with Crippen molar-refractivity contribution in [3.05, 3.63) is 18.1 Å². The van der Waals surface area contributed by atoms with E-state index in [0.717, 1.165) is 12.1 Å². The van der Waals surface area contributed by atoms with E-state index in [4.69, 9.17) is 9.47 Å².